The second kappa shape index (κ2) is 5.99. The molecule has 0 radical (unpaired) electrons. The molecule has 1 aliphatic rings. The number of nitrogens with zero attached hydrogens (tertiary/aromatic N) is 4. The Balaban J connectivity index is 2.55. The molecule has 6 nitrogen and oxygen atoms in total. The van der Waals surface area contributed by atoms with E-state index in [2.05, 4.69) is 5.32 Å². The third-order valence-electron chi connectivity index (χ3n) is 3.59. The van der Waals surface area contributed by atoms with E-state index >= 15 is 0 Å². The van der Waals surface area contributed by atoms with E-state index in [4.69, 9.17) is 10.5 Å². The maximum Gasteiger partial charge on any atom is 0.242 e. The van der Waals surface area contributed by atoms with Crippen LogP contribution in [-0.2, 0) is 4.79 Å². The monoisotopic (exact) mass is 291 g/mol. The number of nitrogens with one attached hydrogen (secondary N) is 1. The zero-order valence-electron chi connectivity index (χ0n) is 12.2. The molecule has 2 atom stereocenters. The van der Waals surface area contributed by atoms with Crippen LogP contribution in [0.5, 0.6) is 0 Å². The minimum atomic E-state index is -0.947. The number of hydrogen-bond donors (Lipinski definition) is 1. The second-order valence-electron chi connectivity index (χ2n) is 5.07. The normalized spacial score (nSPS) is 19.6. The lowest BCUT2D eigenvalue weighted by atomic mass is 9.86. The molecule has 0 spiro atoms. The molecule has 1 N–H and O–H groups in total. The number of amides is 1. The molecule has 1 amide bonds. The number of carbonyl (C=O) groups is 1. The first kappa shape index (κ1) is 15.1. The first-order chi connectivity index (χ1) is 10.5. The molecule has 1 heterocycles. The van der Waals surface area contributed by atoms with E-state index < -0.39 is 17.7 Å². The molecule has 0 aliphatic carbocycles. The fourth-order valence-electron chi connectivity index (χ4n) is 2.44. The standard InChI is InChI=1S/C16H13N5O/c1-21(2)12-5-3-10(4-6-12)14-13(9-19)16(22)20-15(14)11(7-17)8-18/h3-6,13-14H,1-2H3,(H,20,22). The van der Waals surface area contributed by atoms with Gasteiger partial charge in [0.15, 0.2) is 0 Å². The van der Waals surface area contributed by atoms with Crippen LogP contribution in [0.1, 0.15) is 11.5 Å². The van der Waals surface area contributed by atoms with Crippen molar-refractivity contribution in [2.75, 3.05) is 19.0 Å². The van der Waals surface area contributed by atoms with Gasteiger partial charge in [-0.2, -0.15) is 15.8 Å². The van der Waals surface area contributed by atoms with E-state index in [-0.39, 0.29) is 11.3 Å². The van der Waals surface area contributed by atoms with Crippen molar-refractivity contribution in [2.24, 2.45) is 5.92 Å². The van der Waals surface area contributed by atoms with Gasteiger partial charge < -0.3 is 10.2 Å². The second-order valence-corrected chi connectivity index (χ2v) is 5.07. The van der Waals surface area contributed by atoms with Gasteiger partial charge in [-0.05, 0) is 17.7 Å². The van der Waals surface area contributed by atoms with Gasteiger partial charge in [0.1, 0.15) is 23.6 Å². The lowest BCUT2D eigenvalue weighted by molar-refractivity contribution is -0.121. The number of hydrogen-bond acceptors (Lipinski definition) is 5. The summed E-state index contributed by atoms with van der Waals surface area (Å²) in [6.45, 7) is 0. The predicted molar refractivity (Wildman–Crippen MR) is 79.0 cm³/mol. The zero-order valence-corrected chi connectivity index (χ0v) is 12.2. The van der Waals surface area contributed by atoms with E-state index in [0.717, 1.165) is 5.69 Å². The van der Waals surface area contributed by atoms with Crippen LogP contribution in [0.15, 0.2) is 35.5 Å². The molecule has 1 aliphatic heterocycles. The molecule has 0 bridgehead atoms. The molecule has 6 heteroatoms. The van der Waals surface area contributed by atoms with E-state index in [1.54, 1.807) is 24.3 Å². The largest absolute Gasteiger partial charge is 0.378 e. The van der Waals surface area contributed by atoms with Crippen LogP contribution in [0.3, 0.4) is 0 Å². The first-order valence-electron chi connectivity index (χ1n) is 6.55. The fourth-order valence-corrected chi connectivity index (χ4v) is 2.44. The molecular formula is C16H13N5O. The molecule has 1 saturated heterocycles. The van der Waals surface area contributed by atoms with Crippen molar-refractivity contribution in [3.05, 3.63) is 41.1 Å². The molecule has 0 saturated carbocycles. The Morgan fingerprint density at radius 3 is 2.18 bits per heavy atom. The highest BCUT2D eigenvalue weighted by Gasteiger charge is 2.41. The lowest BCUT2D eigenvalue weighted by Crippen LogP contribution is -2.18. The molecule has 22 heavy (non-hydrogen) atoms. The van der Waals surface area contributed by atoms with Gasteiger partial charge in [0.2, 0.25) is 5.91 Å². The van der Waals surface area contributed by atoms with E-state index in [1.165, 1.54) is 0 Å². The Morgan fingerprint density at radius 2 is 1.73 bits per heavy atom. The van der Waals surface area contributed by atoms with Crippen LogP contribution in [0.2, 0.25) is 0 Å². The third kappa shape index (κ3) is 2.49. The van der Waals surface area contributed by atoms with Gasteiger partial charge in [-0.3, -0.25) is 4.79 Å². The lowest BCUT2D eigenvalue weighted by Gasteiger charge is -2.17. The van der Waals surface area contributed by atoms with Crippen LogP contribution in [0.25, 0.3) is 0 Å². The van der Waals surface area contributed by atoms with Crippen LogP contribution in [-0.4, -0.2) is 20.0 Å². The highest BCUT2D eigenvalue weighted by atomic mass is 16.2. The van der Waals surface area contributed by atoms with Crippen molar-refractivity contribution in [3.8, 4) is 18.2 Å². The minimum Gasteiger partial charge on any atom is -0.378 e. The van der Waals surface area contributed by atoms with Gasteiger partial charge in [-0.15, -0.1) is 0 Å². The Labute approximate surface area is 128 Å². The summed E-state index contributed by atoms with van der Waals surface area (Å²) in [4.78, 5) is 13.8. The van der Waals surface area contributed by atoms with E-state index in [9.17, 15) is 10.1 Å². The summed E-state index contributed by atoms with van der Waals surface area (Å²) in [6.07, 6.45) is 0. The Hall–Kier alpha value is -3.30. The predicted octanol–water partition coefficient (Wildman–Crippen LogP) is 1.41. The number of allylic oxidation sites excluding steroid dienone is 2. The van der Waals surface area contributed by atoms with Crippen molar-refractivity contribution < 1.29 is 4.79 Å². The molecular weight excluding hydrogens is 278 g/mol. The summed E-state index contributed by atoms with van der Waals surface area (Å²) in [5.74, 6) is -2.05. The third-order valence-corrected chi connectivity index (χ3v) is 3.59. The van der Waals surface area contributed by atoms with Gasteiger partial charge >= 0.3 is 0 Å². The van der Waals surface area contributed by atoms with Crippen molar-refractivity contribution in [3.63, 3.8) is 0 Å². The molecule has 1 fully saturated rings. The average Bonchev–Trinajstić information content (AvgIpc) is 2.85. The van der Waals surface area contributed by atoms with Crippen molar-refractivity contribution in [2.45, 2.75) is 5.92 Å². The summed E-state index contributed by atoms with van der Waals surface area (Å²) in [6, 6.07) is 12.8. The number of carbonyl (C=O) groups excluding carboxylic acids is 1. The topological polar surface area (TPSA) is 104 Å². The Kier molecular flexibility index (Phi) is 4.11. The van der Waals surface area contributed by atoms with Crippen molar-refractivity contribution >= 4 is 11.6 Å². The highest BCUT2D eigenvalue weighted by molar-refractivity contribution is 5.89. The highest BCUT2D eigenvalue weighted by Crippen LogP contribution is 2.37. The van der Waals surface area contributed by atoms with E-state index in [0.29, 0.717) is 5.56 Å². The molecule has 0 aromatic heterocycles. The van der Waals surface area contributed by atoms with Crippen LogP contribution in [0.4, 0.5) is 5.69 Å². The van der Waals surface area contributed by atoms with Crippen LogP contribution < -0.4 is 10.2 Å². The van der Waals surface area contributed by atoms with Crippen molar-refractivity contribution in [1.29, 1.82) is 15.8 Å². The van der Waals surface area contributed by atoms with Gasteiger partial charge in [-0.25, -0.2) is 0 Å². The summed E-state index contributed by atoms with van der Waals surface area (Å²) in [7, 11) is 3.81. The first-order valence-corrected chi connectivity index (χ1v) is 6.55. The molecule has 1 aromatic carbocycles. The van der Waals surface area contributed by atoms with Crippen LogP contribution >= 0.6 is 0 Å². The number of benzene rings is 1. The van der Waals surface area contributed by atoms with Crippen LogP contribution in [0, 0.1) is 39.9 Å². The van der Waals surface area contributed by atoms with Gasteiger partial charge in [0, 0.05) is 19.8 Å². The summed E-state index contributed by atoms with van der Waals surface area (Å²) in [5, 5.41) is 29.8. The fraction of sp³-hybridized carbons (Fsp3) is 0.250. The summed E-state index contributed by atoms with van der Waals surface area (Å²) in [5.41, 5.74) is 1.72. The smallest absolute Gasteiger partial charge is 0.242 e. The number of rotatable bonds is 2. The number of nitriles is 3. The summed E-state index contributed by atoms with van der Waals surface area (Å²) >= 11 is 0. The molecule has 2 unspecified atom stereocenters. The molecule has 108 valence electrons. The number of anilines is 1. The molecule has 1 aromatic rings. The quantitative estimate of drug-likeness (QED) is 0.829. The zero-order chi connectivity index (χ0) is 16.3. The van der Waals surface area contributed by atoms with Gasteiger partial charge in [0.05, 0.1) is 17.7 Å². The Bertz CT molecular complexity index is 740. The maximum atomic E-state index is 11.9. The SMILES string of the molecule is CN(C)c1ccc(C2C(=C(C#N)C#N)NC(=O)C2C#N)cc1. The average molecular weight is 291 g/mol. The van der Waals surface area contributed by atoms with E-state index in [1.807, 2.05) is 37.2 Å². The summed E-state index contributed by atoms with van der Waals surface area (Å²) < 4.78 is 0. The van der Waals surface area contributed by atoms with Gasteiger partial charge in [0.25, 0.3) is 0 Å². The minimum absolute atomic E-state index is 0.173. The van der Waals surface area contributed by atoms with Crippen molar-refractivity contribution in [1.82, 2.24) is 5.32 Å². The maximum absolute atomic E-state index is 11.9. The molecule has 2 rings (SSSR count). The Morgan fingerprint density at radius 1 is 1.14 bits per heavy atom. The van der Waals surface area contributed by atoms with Gasteiger partial charge in [-0.1, -0.05) is 12.1 Å².